The standard InChI is InChI=1S/C18H14N4O3S/c1-18(12-5-3-2-4-6-12)16(24)22(17(25)20-18)21-15(23)11-7-8-13-14(9-11)26-10-19-13/h2-10H,1H3,(H,20,25)(H,21,23). The minimum absolute atomic E-state index is 0.343. The number of benzene rings is 2. The van der Waals surface area contributed by atoms with Gasteiger partial charge in [-0.1, -0.05) is 30.3 Å². The fourth-order valence-corrected chi connectivity index (χ4v) is 3.59. The van der Waals surface area contributed by atoms with E-state index in [0.29, 0.717) is 11.1 Å². The lowest BCUT2D eigenvalue weighted by Crippen LogP contribution is -2.47. The van der Waals surface area contributed by atoms with Gasteiger partial charge in [0.25, 0.3) is 11.8 Å². The number of nitrogens with zero attached hydrogens (tertiary/aromatic N) is 2. The Morgan fingerprint density at radius 1 is 1.19 bits per heavy atom. The Hall–Kier alpha value is -3.26. The van der Waals surface area contributed by atoms with E-state index in [1.807, 2.05) is 6.07 Å². The molecule has 4 rings (SSSR count). The molecular formula is C18H14N4O3S. The molecule has 130 valence electrons. The summed E-state index contributed by atoms with van der Waals surface area (Å²) >= 11 is 1.41. The Kier molecular flexibility index (Phi) is 3.69. The highest BCUT2D eigenvalue weighted by Gasteiger charge is 2.50. The molecule has 3 aromatic rings. The van der Waals surface area contributed by atoms with Gasteiger partial charge < -0.3 is 5.32 Å². The van der Waals surface area contributed by atoms with E-state index >= 15 is 0 Å². The Morgan fingerprint density at radius 3 is 2.73 bits per heavy atom. The molecule has 2 heterocycles. The van der Waals surface area contributed by atoms with Gasteiger partial charge in [0.05, 0.1) is 15.7 Å². The van der Waals surface area contributed by atoms with Crippen molar-refractivity contribution < 1.29 is 14.4 Å². The van der Waals surface area contributed by atoms with E-state index in [-0.39, 0.29) is 0 Å². The van der Waals surface area contributed by atoms with Crippen molar-refractivity contribution in [1.29, 1.82) is 0 Å². The van der Waals surface area contributed by atoms with Gasteiger partial charge in [0.1, 0.15) is 5.54 Å². The van der Waals surface area contributed by atoms with Gasteiger partial charge in [0.15, 0.2) is 0 Å². The molecule has 7 nitrogen and oxygen atoms in total. The molecule has 2 aromatic carbocycles. The molecule has 8 heteroatoms. The fourth-order valence-electron chi connectivity index (χ4n) is 2.87. The topological polar surface area (TPSA) is 91.4 Å². The Balaban J connectivity index is 1.59. The molecular weight excluding hydrogens is 352 g/mol. The molecule has 1 aromatic heterocycles. The monoisotopic (exact) mass is 366 g/mol. The lowest BCUT2D eigenvalue weighted by Gasteiger charge is -2.22. The summed E-state index contributed by atoms with van der Waals surface area (Å²) in [6.07, 6.45) is 0. The number of carbonyl (C=O) groups excluding carboxylic acids is 3. The molecule has 4 amide bonds. The third kappa shape index (κ3) is 2.51. The van der Waals surface area contributed by atoms with Gasteiger partial charge in [0.2, 0.25) is 0 Å². The van der Waals surface area contributed by atoms with Gasteiger partial charge in [-0.3, -0.25) is 15.0 Å². The molecule has 0 aliphatic carbocycles. The van der Waals surface area contributed by atoms with Crippen molar-refractivity contribution in [3.8, 4) is 0 Å². The number of rotatable bonds is 3. The number of hydrogen-bond donors (Lipinski definition) is 2. The summed E-state index contributed by atoms with van der Waals surface area (Å²) in [4.78, 5) is 41.7. The maximum Gasteiger partial charge on any atom is 0.344 e. The maximum atomic E-state index is 12.8. The lowest BCUT2D eigenvalue weighted by molar-refractivity contribution is -0.132. The highest BCUT2D eigenvalue weighted by Crippen LogP contribution is 2.28. The number of aromatic nitrogens is 1. The molecule has 0 bridgehead atoms. The average molecular weight is 366 g/mol. The van der Waals surface area contributed by atoms with Crippen LogP contribution in [0.5, 0.6) is 0 Å². The molecule has 1 aliphatic heterocycles. The highest BCUT2D eigenvalue weighted by atomic mass is 32.1. The second-order valence-corrected chi connectivity index (χ2v) is 6.92. The van der Waals surface area contributed by atoms with E-state index in [2.05, 4.69) is 15.7 Å². The van der Waals surface area contributed by atoms with Crippen molar-refractivity contribution in [1.82, 2.24) is 20.7 Å². The van der Waals surface area contributed by atoms with E-state index in [4.69, 9.17) is 0 Å². The van der Waals surface area contributed by atoms with Crippen LogP contribution >= 0.6 is 11.3 Å². The summed E-state index contributed by atoms with van der Waals surface area (Å²) in [5.74, 6) is -1.08. The van der Waals surface area contributed by atoms with Crippen LogP contribution in [-0.2, 0) is 10.3 Å². The third-order valence-corrected chi connectivity index (χ3v) is 5.14. The summed E-state index contributed by atoms with van der Waals surface area (Å²) < 4.78 is 0.851. The van der Waals surface area contributed by atoms with Crippen LogP contribution in [0.4, 0.5) is 4.79 Å². The fraction of sp³-hybridized carbons (Fsp3) is 0.111. The van der Waals surface area contributed by atoms with Crippen molar-refractivity contribution in [2.24, 2.45) is 0 Å². The number of urea groups is 1. The van der Waals surface area contributed by atoms with E-state index in [1.54, 1.807) is 54.9 Å². The lowest BCUT2D eigenvalue weighted by atomic mass is 9.92. The number of fused-ring (bicyclic) bond motifs is 1. The molecule has 1 unspecified atom stereocenters. The normalized spacial score (nSPS) is 19.7. The first-order valence-electron chi connectivity index (χ1n) is 7.85. The number of carbonyl (C=O) groups is 3. The van der Waals surface area contributed by atoms with Crippen molar-refractivity contribution in [3.63, 3.8) is 0 Å². The predicted molar refractivity (Wildman–Crippen MR) is 96.3 cm³/mol. The quantitative estimate of drug-likeness (QED) is 0.697. The Bertz CT molecular complexity index is 1030. The average Bonchev–Trinajstić information content (AvgIpc) is 3.20. The van der Waals surface area contributed by atoms with Crippen LogP contribution in [0.25, 0.3) is 10.2 Å². The number of nitrogens with one attached hydrogen (secondary N) is 2. The van der Waals surface area contributed by atoms with Crippen LogP contribution in [0.2, 0.25) is 0 Å². The van der Waals surface area contributed by atoms with Gasteiger partial charge in [-0.05, 0) is 30.7 Å². The van der Waals surface area contributed by atoms with Crippen LogP contribution in [0, 0.1) is 0 Å². The highest BCUT2D eigenvalue weighted by molar-refractivity contribution is 7.16. The Morgan fingerprint density at radius 2 is 1.96 bits per heavy atom. The molecule has 2 N–H and O–H groups in total. The van der Waals surface area contributed by atoms with Crippen molar-refractivity contribution in [2.45, 2.75) is 12.5 Å². The molecule has 0 spiro atoms. The molecule has 0 radical (unpaired) electrons. The third-order valence-electron chi connectivity index (χ3n) is 4.35. The van der Waals surface area contributed by atoms with Crippen LogP contribution in [0.1, 0.15) is 22.8 Å². The zero-order valence-electron chi connectivity index (χ0n) is 13.7. The number of thiazole rings is 1. The van der Waals surface area contributed by atoms with E-state index < -0.39 is 23.4 Å². The summed E-state index contributed by atoms with van der Waals surface area (Å²) in [6.45, 7) is 1.61. The zero-order valence-corrected chi connectivity index (χ0v) is 14.5. The van der Waals surface area contributed by atoms with E-state index in [1.165, 1.54) is 11.3 Å². The number of amides is 4. The zero-order chi connectivity index (χ0) is 18.3. The van der Waals surface area contributed by atoms with Crippen molar-refractivity contribution in [3.05, 3.63) is 65.2 Å². The van der Waals surface area contributed by atoms with Gasteiger partial charge >= 0.3 is 6.03 Å². The van der Waals surface area contributed by atoms with Gasteiger partial charge in [-0.25, -0.2) is 9.78 Å². The SMILES string of the molecule is CC1(c2ccccc2)NC(=O)N(NC(=O)c2ccc3ncsc3c2)C1=O. The van der Waals surface area contributed by atoms with Crippen molar-refractivity contribution >= 4 is 39.4 Å². The molecule has 1 atom stereocenters. The molecule has 1 fully saturated rings. The van der Waals surface area contributed by atoms with E-state index in [9.17, 15) is 14.4 Å². The number of hydrogen-bond acceptors (Lipinski definition) is 5. The molecule has 1 saturated heterocycles. The predicted octanol–water partition coefficient (Wildman–Crippen LogP) is 2.41. The first-order valence-corrected chi connectivity index (χ1v) is 8.73. The van der Waals surface area contributed by atoms with Gasteiger partial charge in [0, 0.05) is 5.56 Å². The first kappa shape index (κ1) is 16.2. The first-order chi connectivity index (χ1) is 12.5. The van der Waals surface area contributed by atoms with Crippen LogP contribution in [0.15, 0.2) is 54.0 Å². The largest absolute Gasteiger partial charge is 0.344 e. The molecule has 26 heavy (non-hydrogen) atoms. The van der Waals surface area contributed by atoms with Gasteiger partial charge in [-0.2, -0.15) is 5.01 Å². The Labute approximate surface area is 152 Å². The minimum atomic E-state index is -1.23. The maximum absolute atomic E-state index is 12.8. The summed E-state index contributed by atoms with van der Waals surface area (Å²) in [5, 5.41) is 3.37. The second kappa shape index (κ2) is 5.92. The van der Waals surface area contributed by atoms with Crippen LogP contribution in [0.3, 0.4) is 0 Å². The summed E-state index contributed by atoms with van der Waals surface area (Å²) in [7, 11) is 0. The molecule has 0 saturated carbocycles. The van der Waals surface area contributed by atoms with Crippen LogP contribution in [-0.4, -0.2) is 27.8 Å². The number of hydrazine groups is 1. The van der Waals surface area contributed by atoms with E-state index in [0.717, 1.165) is 15.2 Å². The minimum Gasteiger partial charge on any atom is -0.318 e. The van der Waals surface area contributed by atoms with Crippen LogP contribution < -0.4 is 10.7 Å². The molecule has 1 aliphatic rings. The smallest absolute Gasteiger partial charge is 0.318 e. The number of imide groups is 1. The second-order valence-electron chi connectivity index (χ2n) is 6.04. The van der Waals surface area contributed by atoms with Crippen molar-refractivity contribution in [2.75, 3.05) is 0 Å². The summed E-state index contributed by atoms with van der Waals surface area (Å²) in [6, 6.07) is 13.2. The van der Waals surface area contributed by atoms with Gasteiger partial charge in [-0.15, -0.1) is 11.3 Å². The summed E-state index contributed by atoms with van der Waals surface area (Å²) in [5.41, 5.74) is 4.63.